The molecule has 1 heterocycles. The monoisotopic (exact) mass is 385 g/mol. The number of carbonyl (C=O) groups excluding carboxylic acids is 2. The van der Waals surface area contributed by atoms with Crippen molar-refractivity contribution in [1.29, 1.82) is 0 Å². The molecule has 27 heavy (non-hydrogen) atoms. The lowest BCUT2D eigenvalue weighted by Crippen LogP contribution is -2.42. The van der Waals surface area contributed by atoms with Crippen LogP contribution in [-0.2, 0) is 4.79 Å². The fourth-order valence-electron chi connectivity index (χ4n) is 2.56. The van der Waals surface area contributed by atoms with Crippen molar-refractivity contribution in [3.8, 4) is 0 Å². The van der Waals surface area contributed by atoms with Gasteiger partial charge in [0.15, 0.2) is 0 Å². The van der Waals surface area contributed by atoms with Gasteiger partial charge < -0.3 is 10.2 Å². The molecule has 2 aromatic rings. The summed E-state index contributed by atoms with van der Waals surface area (Å²) < 4.78 is 0. The number of aromatic nitrogens is 1. The second-order valence-electron chi connectivity index (χ2n) is 6.75. The molecule has 0 saturated heterocycles. The third-order valence-corrected chi connectivity index (χ3v) is 5.16. The van der Waals surface area contributed by atoms with Gasteiger partial charge in [-0.2, -0.15) is 0 Å². The van der Waals surface area contributed by atoms with Crippen LogP contribution in [0.5, 0.6) is 0 Å². The zero-order chi connectivity index (χ0) is 20.0. The van der Waals surface area contributed by atoms with E-state index in [-0.39, 0.29) is 24.4 Å². The third kappa shape index (κ3) is 5.82. The Bertz CT molecular complexity index is 821. The van der Waals surface area contributed by atoms with Crippen LogP contribution in [0.25, 0.3) is 0 Å². The summed E-state index contributed by atoms with van der Waals surface area (Å²) in [5.41, 5.74) is 2.94. The number of likely N-dealkylation sites (N-methyl/N-ethyl adjacent to an activating group) is 1. The van der Waals surface area contributed by atoms with E-state index in [1.54, 1.807) is 23.2 Å². The Morgan fingerprint density at radius 3 is 2.56 bits per heavy atom. The minimum absolute atomic E-state index is 0.0379. The fourth-order valence-corrected chi connectivity index (χ4v) is 3.54. The van der Waals surface area contributed by atoms with Crippen molar-refractivity contribution in [3.05, 3.63) is 53.2 Å². The molecule has 0 unspecified atom stereocenters. The number of carbonyl (C=O) groups is 2. The number of pyridine rings is 1. The summed E-state index contributed by atoms with van der Waals surface area (Å²) in [5, 5.41) is 3.47. The largest absolute Gasteiger partial charge is 0.352 e. The van der Waals surface area contributed by atoms with Gasteiger partial charge in [-0.15, -0.1) is 0 Å². The molecule has 1 aromatic carbocycles. The van der Waals surface area contributed by atoms with Crippen molar-refractivity contribution in [2.24, 2.45) is 0 Å². The van der Waals surface area contributed by atoms with Crippen molar-refractivity contribution >= 4 is 23.6 Å². The number of benzene rings is 1. The summed E-state index contributed by atoms with van der Waals surface area (Å²) in [6, 6.07) is 9.75. The van der Waals surface area contributed by atoms with Crippen molar-refractivity contribution in [2.45, 2.75) is 50.6 Å². The van der Waals surface area contributed by atoms with E-state index in [0.717, 1.165) is 4.90 Å². The molecule has 5 nitrogen and oxygen atoms in total. The zero-order valence-corrected chi connectivity index (χ0v) is 17.4. The van der Waals surface area contributed by atoms with Gasteiger partial charge in [0.05, 0.1) is 12.1 Å². The van der Waals surface area contributed by atoms with E-state index < -0.39 is 0 Å². The molecule has 0 radical (unpaired) electrons. The molecular formula is C21H27N3O2S. The van der Waals surface area contributed by atoms with E-state index in [2.05, 4.69) is 36.3 Å². The van der Waals surface area contributed by atoms with E-state index in [4.69, 9.17) is 0 Å². The maximum atomic E-state index is 13.0. The van der Waals surface area contributed by atoms with E-state index in [9.17, 15) is 9.59 Å². The topological polar surface area (TPSA) is 62.3 Å². The molecular weight excluding hydrogens is 358 g/mol. The van der Waals surface area contributed by atoms with Gasteiger partial charge in [0.1, 0.15) is 5.03 Å². The van der Waals surface area contributed by atoms with E-state index in [0.29, 0.717) is 17.1 Å². The molecule has 0 atom stereocenters. The maximum Gasteiger partial charge on any atom is 0.257 e. The number of nitrogens with one attached hydrogen (secondary N) is 1. The quantitative estimate of drug-likeness (QED) is 0.787. The molecule has 0 fully saturated rings. The van der Waals surface area contributed by atoms with Crippen LogP contribution in [0.4, 0.5) is 0 Å². The van der Waals surface area contributed by atoms with Gasteiger partial charge in [-0.3, -0.25) is 9.59 Å². The molecule has 0 spiro atoms. The van der Waals surface area contributed by atoms with Gasteiger partial charge >= 0.3 is 0 Å². The summed E-state index contributed by atoms with van der Waals surface area (Å²) in [7, 11) is 0. The van der Waals surface area contributed by atoms with Gasteiger partial charge in [0.25, 0.3) is 5.91 Å². The average Bonchev–Trinajstić information content (AvgIpc) is 2.62. The van der Waals surface area contributed by atoms with E-state index in [1.807, 2.05) is 26.8 Å². The first-order valence-electron chi connectivity index (χ1n) is 9.10. The molecule has 2 amide bonds. The molecule has 2 rings (SSSR count). The van der Waals surface area contributed by atoms with Crippen LogP contribution in [0.15, 0.2) is 46.5 Å². The zero-order valence-electron chi connectivity index (χ0n) is 16.6. The third-order valence-electron chi connectivity index (χ3n) is 4.15. The highest BCUT2D eigenvalue weighted by Gasteiger charge is 2.21. The highest BCUT2D eigenvalue weighted by molar-refractivity contribution is 7.99. The Kier molecular flexibility index (Phi) is 7.42. The van der Waals surface area contributed by atoms with Crippen LogP contribution < -0.4 is 5.32 Å². The number of nitrogens with zero attached hydrogens (tertiary/aromatic N) is 2. The second-order valence-corrected chi connectivity index (χ2v) is 7.81. The van der Waals surface area contributed by atoms with Crippen LogP contribution in [0.3, 0.4) is 0 Å². The van der Waals surface area contributed by atoms with Crippen molar-refractivity contribution in [2.75, 3.05) is 13.1 Å². The van der Waals surface area contributed by atoms with Gasteiger partial charge in [0.2, 0.25) is 5.91 Å². The standard InChI is InChI=1S/C21H27N3O2S/c1-6-24(13-19(25)23-14(2)3)21(26)18-8-7-11-22-20(18)27-17-10-9-15(4)16(5)12-17/h7-12,14H,6,13H2,1-5H3,(H,23,25). The second kappa shape index (κ2) is 9.55. The first-order valence-corrected chi connectivity index (χ1v) is 9.92. The van der Waals surface area contributed by atoms with Crippen LogP contribution in [0, 0.1) is 13.8 Å². The molecule has 6 heteroatoms. The Morgan fingerprint density at radius 1 is 1.19 bits per heavy atom. The Hall–Kier alpha value is -2.34. The van der Waals surface area contributed by atoms with Crippen LogP contribution in [0.1, 0.15) is 42.3 Å². The molecule has 144 valence electrons. The molecule has 0 aliphatic rings. The van der Waals surface area contributed by atoms with E-state index in [1.165, 1.54) is 22.9 Å². The normalized spacial score (nSPS) is 10.7. The fraction of sp³-hybridized carbons (Fsp3) is 0.381. The molecule has 0 aliphatic heterocycles. The lowest BCUT2D eigenvalue weighted by molar-refractivity contribution is -0.122. The number of hydrogen-bond acceptors (Lipinski definition) is 4. The smallest absolute Gasteiger partial charge is 0.257 e. The first-order chi connectivity index (χ1) is 12.8. The molecule has 1 N–H and O–H groups in total. The number of hydrogen-bond donors (Lipinski definition) is 1. The Morgan fingerprint density at radius 2 is 1.93 bits per heavy atom. The summed E-state index contributed by atoms with van der Waals surface area (Å²) in [6.07, 6.45) is 1.68. The molecule has 0 bridgehead atoms. The molecule has 0 aliphatic carbocycles. The maximum absolute atomic E-state index is 13.0. The predicted octanol–water partition coefficient (Wildman–Crippen LogP) is 3.84. The minimum Gasteiger partial charge on any atom is -0.352 e. The number of aryl methyl sites for hydroxylation is 2. The summed E-state index contributed by atoms with van der Waals surface area (Å²) in [6.45, 7) is 10.3. The predicted molar refractivity (Wildman–Crippen MR) is 109 cm³/mol. The van der Waals surface area contributed by atoms with Gasteiger partial charge in [0, 0.05) is 23.7 Å². The van der Waals surface area contributed by atoms with Crippen LogP contribution >= 0.6 is 11.8 Å². The average molecular weight is 386 g/mol. The van der Waals surface area contributed by atoms with Crippen molar-refractivity contribution < 1.29 is 9.59 Å². The van der Waals surface area contributed by atoms with Gasteiger partial charge in [-0.25, -0.2) is 4.98 Å². The molecule has 1 aromatic heterocycles. The lowest BCUT2D eigenvalue weighted by atomic mass is 10.1. The highest BCUT2D eigenvalue weighted by Crippen LogP contribution is 2.30. The van der Waals surface area contributed by atoms with Crippen LogP contribution in [-0.4, -0.2) is 40.8 Å². The van der Waals surface area contributed by atoms with Gasteiger partial charge in [-0.05, 0) is 70.0 Å². The van der Waals surface area contributed by atoms with Gasteiger partial charge in [-0.1, -0.05) is 17.8 Å². The first kappa shape index (κ1) is 21.0. The summed E-state index contributed by atoms with van der Waals surface area (Å²) in [5.74, 6) is -0.344. The Balaban J connectivity index is 2.23. The Labute approximate surface area is 165 Å². The summed E-state index contributed by atoms with van der Waals surface area (Å²) in [4.78, 5) is 32.1. The minimum atomic E-state index is -0.184. The molecule has 0 saturated carbocycles. The number of amides is 2. The van der Waals surface area contributed by atoms with Crippen molar-refractivity contribution in [1.82, 2.24) is 15.2 Å². The highest BCUT2D eigenvalue weighted by atomic mass is 32.2. The summed E-state index contributed by atoms with van der Waals surface area (Å²) >= 11 is 1.46. The van der Waals surface area contributed by atoms with Crippen molar-refractivity contribution in [3.63, 3.8) is 0 Å². The SMILES string of the molecule is CCN(CC(=O)NC(C)C)C(=O)c1cccnc1Sc1ccc(C)c(C)c1. The van der Waals surface area contributed by atoms with Crippen LogP contribution in [0.2, 0.25) is 0 Å². The number of rotatable bonds is 7. The lowest BCUT2D eigenvalue weighted by Gasteiger charge is -2.22. The van der Waals surface area contributed by atoms with E-state index >= 15 is 0 Å².